The number of aryl methyl sites for hydroxylation is 2. The number of fused-ring (bicyclic) bond motifs is 3. The number of nitrogens with zero attached hydrogens (tertiary/aromatic N) is 2. The average Bonchev–Trinajstić information content (AvgIpc) is 3.35. The summed E-state index contributed by atoms with van der Waals surface area (Å²) in [7, 11) is 0. The number of anilines is 6. The summed E-state index contributed by atoms with van der Waals surface area (Å²) in [5.74, 6) is 0. The van der Waals surface area contributed by atoms with Crippen LogP contribution in [0.4, 0.5) is 34.1 Å². The van der Waals surface area contributed by atoms with Gasteiger partial charge in [0.2, 0.25) is 0 Å². The van der Waals surface area contributed by atoms with Crippen LogP contribution in [-0.2, 0) is 5.41 Å². The maximum Gasteiger partial charge on any atom is 0.0465 e. The van der Waals surface area contributed by atoms with Crippen LogP contribution < -0.4 is 9.80 Å². The van der Waals surface area contributed by atoms with Crippen LogP contribution in [0.3, 0.4) is 0 Å². The summed E-state index contributed by atoms with van der Waals surface area (Å²) >= 11 is 0. The summed E-state index contributed by atoms with van der Waals surface area (Å²) in [6.45, 7) is 9.26. The van der Waals surface area contributed by atoms with Gasteiger partial charge in [0.25, 0.3) is 0 Å². The molecule has 0 spiro atoms. The van der Waals surface area contributed by atoms with Gasteiger partial charge in [0.15, 0.2) is 0 Å². The van der Waals surface area contributed by atoms with Gasteiger partial charge in [-0.2, -0.15) is 0 Å². The summed E-state index contributed by atoms with van der Waals surface area (Å²) < 4.78 is 0. The van der Waals surface area contributed by atoms with Crippen LogP contribution in [0.1, 0.15) is 36.1 Å². The van der Waals surface area contributed by atoms with E-state index >= 15 is 0 Å². The Balaban J connectivity index is 1.19. The smallest absolute Gasteiger partial charge is 0.0465 e. The van der Waals surface area contributed by atoms with Gasteiger partial charge in [0.05, 0.1) is 0 Å². The number of benzene rings is 7. The Morgan fingerprint density at radius 3 is 1.16 bits per heavy atom. The molecule has 238 valence electrons. The van der Waals surface area contributed by atoms with Crippen molar-refractivity contribution in [3.8, 4) is 22.3 Å². The first-order chi connectivity index (χ1) is 23.9. The molecule has 0 saturated heterocycles. The first-order valence-electron chi connectivity index (χ1n) is 17.1. The highest BCUT2D eigenvalue weighted by molar-refractivity contribution is 5.89. The molecule has 0 bridgehead atoms. The van der Waals surface area contributed by atoms with Crippen molar-refractivity contribution in [2.75, 3.05) is 9.80 Å². The molecule has 0 fully saturated rings. The summed E-state index contributed by atoms with van der Waals surface area (Å²) in [5, 5.41) is 0. The van der Waals surface area contributed by atoms with E-state index in [2.05, 4.69) is 207 Å². The predicted molar refractivity (Wildman–Crippen MR) is 208 cm³/mol. The Morgan fingerprint density at radius 1 is 0.327 bits per heavy atom. The first kappa shape index (κ1) is 30.5. The van der Waals surface area contributed by atoms with Crippen molar-refractivity contribution in [3.63, 3.8) is 0 Å². The van der Waals surface area contributed by atoms with E-state index in [-0.39, 0.29) is 5.41 Å². The van der Waals surface area contributed by atoms with Crippen molar-refractivity contribution in [3.05, 3.63) is 192 Å². The fourth-order valence-corrected chi connectivity index (χ4v) is 7.60. The quantitative estimate of drug-likeness (QED) is 0.172. The van der Waals surface area contributed by atoms with E-state index in [1.165, 1.54) is 50.2 Å². The molecule has 49 heavy (non-hydrogen) atoms. The number of hydrogen-bond acceptors (Lipinski definition) is 2. The third-order valence-corrected chi connectivity index (χ3v) is 10.1. The topological polar surface area (TPSA) is 6.48 Å². The number of rotatable bonds is 7. The molecule has 1 aliphatic rings. The molecule has 0 aliphatic heterocycles. The zero-order valence-electron chi connectivity index (χ0n) is 28.6. The third-order valence-electron chi connectivity index (χ3n) is 10.1. The third kappa shape index (κ3) is 5.40. The zero-order chi connectivity index (χ0) is 33.5. The van der Waals surface area contributed by atoms with Crippen LogP contribution in [0.25, 0.3) is 22.3 Å². The van der Waals surface area contributed by atoms with Crippen LogP contribution in [0, 0.1) is 13.8 Å². The molecule has 0 unspecified atom stereocenters. The van der Waals surface area contributed by atoms with Crippen LogP contribution in [0.2, 0.25) is 0 Å². The minimum absolute atomic E-state index is 0.159. The zero-order valence-corrected chi connectivity index (χ0v) is 28.6. The largest absolute Gasteiger partial charge is 0.310 e. The second-order valence-electron chi connectivity index (χ2n) is 13.6. The molecule has 7 aromatic carbocycles. The second-order valence-corrected chi connectivity index (χ2v) is 13.6. The lowest BCUT2D eigenvalue weighted by atomic mass is 9.80. The van der Waals surface area contributed by atoms with Gasteiger partial charge < -0.3 is 9.80 Å². The molecular weight excluding hydrogens is 593 g/mol. The molecule has 0 aromatic heterocycles. The standard InChI is InChI=1S/C47H40N2/c1-33-29-39(48(35-17-9-5-10-18-35)36-19-11-6-12-20-36)25-27-41(33)43-32-46-44(30-34(43)2)42-28-26-40(31-45(42)47(46,3)4)49(37-21-13-7-14-22-37)38-23-15-8-16-24-38/h5-32H,1-4H3. The predicted octanol–water partition coefficient (Wildman–Crippen LogP) is 13.2. The Hall–Kier alpha value is -5.86. The average molecular weight is 633 g/mol. The maximum atomic E-state index is 2.46. The molecule has 0 heterocycles. The lowest BCUT2D eigenvalue weighted by Gasteiger charge is -2.28. The van der Waals surface area contributed by atoms with Gasteiger partial charge in [-0.15, -0.1) is 0 Å². The Bertz CT molecular complexity index is 2180. The minimum atomic E-state index is -0.159. The normalized spacial score (nSPS) is 12.7. The maximum absolute atomic E-state index is 2.46. The Kier molecular flexibility index (Phi) is 7.65. The molecule has 7 aromatic rings. The van der Waals surface area contributed by atoms with Crippen LogP contribution >= 0.6 is 0 Å². The van der Waals surface area contributed by atoms with Gasteiger partial charge in [-0.3, -0.25) is 0 Å². The van der Waals surface area contributed by atoms with Gasteiger partial charge in [-0.1, -0.05) is 105 Å². The van der Waals surface area contributed by atoms with Crippen molar-refractivity contribution in [1.29, 1.82) is 0 Å². The van der Waals surface area contributed by atoms with Crippen LogP contribution in [-0.4, -0.2) is 0 Å². The van der Waals surface area contributed by atoms with Crippen molar-refractivity contribution < 1.29 is 0 Å². The molecule has 0 radical (unpaired) electrons. The highest BCUT2D eigenvalue weighted by Gasteiger charge is 2.37. The van der Waals surface area contributed by atoms with E-state index < -0.39 is 0 Å². The molecule has 2 nitrogen and oxygen atoms in total. The first-order valence-corrected chi connectivity index (χ1v) is 17.1. The fraction of sp³-hybridized carbons (Fsp3) is 0.106. The van der Waals surface area contributed by atoms with Crippen LogP contribution in [0.15, 0.2) is 170 Å². The Morgan fingerprint density at radius 2 is 0.714 bits per heavy atom. The monoisotopic (exact) mass is 632 g/mol. The van der Waals surface area contributed by atoms with Gasteiger partial charge in [0, 0.05) is 39.5 Å². The summed E-state index contributed by atoms with van der Waals surface area (Å²) in [6, 6.07) is 61.4. The van der Waals surface area contributed by atoms with Gasteiger partial charge in [-0.05, 0) is 137 Å². The highest BCUT2D eigenvalue weighted by atomic mass is 15.1. The molecule has 0 amide bonds. The van der Waals surface area contributed by atoms with E-state index in [0.717, 1.165) is 28.4 Å². The molecule has 1 aliphatic carbocycles. The SMILES string of the molecule is Cc1cc(N(c2ccccc2)c2ccccc2)ccc1-c1cc2c(cc1C)-c1ccc(N(c3ccccc3)c3ccccc3)cc1C2(C)C. The van der Waals surface area contributed by atoms with Crippen molar-refractivity contribution in [2.45, 2.75) is 33.1 Å². The molecule has 0 N–H and O–H groups in total. The van der Waals surface area contributed by atoms with Crippen molar-refractivity contribution in [2.24, 2.45) is 0 Å². The minimum Gasteiger partial charge on any atom is -0.310 e. The molecule has 0 saturated carbocycles. The molecular formula is C47H40N2. The number of hydrogen-bond donors (Lipinski definition) is 0. The summed E-state index contributed by atoms with van der Waals surface area (Å²) in [5.41, 5.74) is 17.3. The van der Waals surface area contributed by atoms with E-state index in [1.54, 1.807) is 0 Å². The van der Waals surface area contributed by atoms with Crippen molar-refractivity contribution >= 4 is 34.1 Å². The molecule has 2 heteroatoms. The van der Waals surface area contributed by atoms with Crippen LogP contribution in [0.5, 0.6) is 0 Å². The van der Waals surface area contributed by atoms with Gasteiger partial charge in [0.1, 0.15) is 0 Å². The van der Waals surface area contributed by atoms with Gasteiger partial charge >= 0.3 is 0 Å². The second kappa shape index (κ2) is 12.3. The van der Waals surface area contributed by atoms with E-state index in [4.69, 9.17) is 0 Å². The van der Waals surface area contributed by atoms with Crippen molar-refractivity contribution in [1.82, 2.24) is 0 Å². The van der Waals surface area contributed by atoms with E-state index in [1.807, 2.05) is 0 Å². The highest BCUT2D eigenvalue weighted by Crippen LogP contribution is 2.52. The molecule has 0 atom stereocenters. The summed E-state index contributed by atoms with van der Waals surface area (Å²) in [6.07, 6.45) is 0. The van der Waals surface area contributed by atoms with E-state index in [0.29, 0.717) is 0 Å². The number of para-hydroxylation sites is 4. The lowest BCUT2D eigenvalue weighted by molar-refractivity contribution is 0.660. The summed E-state index contributed by atoms with van der Waals surface area (Å²) in [4.78, 5) is 4.69. The lowest BCUT2D eigenvalue weighted by Crippen LogP contribution is -2.17. The Labute approximate surface area is 290 Å². The van der Waals surface area contributed by atoms with Gasteiger partial charge in [-0.25, -0.2) is 0 Å². The fourth-order valence-electron chi connectivity index (χ4n) is 7.60. The molecule has 8 rings (SSSR count). The van der Waals surface area contributed by atoms with E-state index in [9.17, 15) is 0 Å².